The molecule has 2 heterocycles. The van der Waals surface area contributed by atoms with Gasteiger partial charge in [0, 0.05) is 31.9 Å². The molecule has 0 saturated carbocycles. The lowest BCUT2D eigenvalue weighted by atomic mass is 10.4. The zero-order valence-corrected chi connectivity index (χ0v) is 8.11. The lowest BCUT2D eigenvalue weighted by molar-refractivity contribution is 0.354. The first-order chi connectivity index (χ1) is 6.86. The quantitative estimate of drug-likeness (QED) is 0.528. The van der Waals surface area contributed by atoms with Crippen LogP contribution in [0.2, 0.25) is 0 Å². The van der Waals surface area contributed by atoms with Crippen molar-refractivity contribution in [1.29, 1.82) is 0 Å². The normalized spacial score (nSPS) is 22.7. The highest BCUT2D eigenvalue weighted by molar-refractivity contribution is 5.93. The minimum atomic E-state index is 0.630. The topological polar surface area (TPSA) is 66.0 Å². The van der Waals surface area contributed by atoms with Gasteiger partial charge in [0.2, 0.25) is 5.96 Å². The molecule has 0 aromatic rings. The van der Waals surface area contributed by atoms with Crippen LogP contribution in [0, 0.1) is 0 Å². The van der Waals surface area contributed by atoms with E-state index in [2.05, 4.69) is 20.2 Å². The van der Waals surface area contributed by atoms with E-state index in [1.54, 1.807) is 6.21 Å². The lowest BCUT2D eigenvalue weighted by Gasteiger charge is -2.27. The minimum absolute atomic E-state index is 0.630. The molecule has 5 nitrogen and oxygen atoms in total. The Morgan fingerprint density at radius 1 is 1.36 bits per heavy atom. The Hall–Kier alpha value is -1.36. The van der Waals surface area contributed by atoms with Gasteiger partial charge in [-0.3, -0.25) is 0 Å². The van der Waals surface area contributed by atoms with Crippen LogP contribution in [-0.4, -0.2) is 49.8 Å². The Morgan fingerprint density at radius 3 is 2.93 bits per heavy atom. The molecule has 1 saturated heterocycles. The van der Waals surface area contributed by atoms with Crippen molar-refractivity contribution in [1.82, 2.24) is 10.2 Å². The summed E-state index contributed by atoms with van der Waals surface area (Å²) >= 11 is 0. The molecule has 0 bridgehead atoms. The van der Waals surface area contributed by atoms with Crippen molar-refractivity contribution >= 4 is 12.2 Å². The zero-order chi connectivity index (χ0) is 9.80. The molecule has 5 heteroatoms. The highest BCUT2D eigenvalue weighted by Crippen LogP contribution is 2.00. The Bertz CT molecular complexity index is 286. The standard InChI is InChI=1S/C9H15N5/c10-8-1-2-12-9(13-7-8)14-5-3-11-4-6-14/h1,7,11H,2-6,10H2. The summed E-state index contributed by atoms with van der Waals surface area (Å²) in [6.45, 7) is 4.56. The molecule has 76 valence electrons. The molecule has 2 aliphatic heterocycles. The molecule has 2 rings (SSSR count). The van der Waals surface area contributed by atoms with Crippen molar-refractivity contribution in [3.05, 3.63) is 11.8 Å². The minimum Gasteiger partial charge on any atom is -0.398 e. The molecule has 14 heavy (non-hydrogen) atoms. The molecule has 0 spiro atoms. The van der Waals surface area contributed by atoms with Gasteiger partial charge in [-0.05, 0) is 6.08 Å². The zero-order valence-electron chi connectivity index (χ0n) is 8.11. The Labute approximate surface area is 83.4 Å². The summed E-state index contributed by atoms with van der Waals surface area (Å²) in [7, 11) is 0. The van der Waals surface area contributed by atoms with Gasteiger partial charge in [0.05, 0.1) is 12.8 Å². The van der Waals surface area contributed by atoms with E-state index in [0.717, 1.165) is 32.1 Å². The average Bonchev–Trinajstić information content (AvgIpc) is 2.44. The number of nitrogens with zero attached hydrogens (tertiary/aromatic N) is 3. The van der Waals surface area contributed by atoms with Crippen molar-refractivity contribution < 1.29 is 0 Å². The Morgan fingerprint density at radius 2 is 2.14 bits per heavy atom. The number of nitrogens with one attached hydrogen (secondary N) is 1. The van der Waals surface area contributed by atoms with Crippen LogP contribution in [0.5, 0.6) is 0 Å². The Balaban J connectivity index is 2.03. The van der Waals surface area contributed by atoms with E-state index in [1.807, 2.05) is 6.08 Å². The van der Waals surface area contributed by atoms with Crippen molar-refractivity contribution in [3.8, 4) is 0 Å². The van der Waals surface area contributed by atoms with Gasteiger partial charge in [-0.25, -0.2) is 9.98 Å². The van der Waals surface area contributed by atoms with Crippen LogP contribution < -0.4 is 11.1 Å². The molecule has 0 amide bonds. The number of piperazine rings is 1. The summed E-state index contributed by atoms with van der Waals surface area (Å²) in [6, 6.07) is 0. The first kappa shape index (κ1) is 9.21. The largest absolute Gasteiger partial charge is 0.398 e. The lowest BCUT2D eigenvalue weighted by Crippen LogP contribution is -2.46. The first-order valence-corrected chi connectivity index (χ1v) is 4.86. The van der Waals surface area contributed by atoms with Gasteiger partial charge < -0.3 is 16.0 Å². The van der Waals surface area contributed by atoms with Gasteiger partial charge in [-0.15, -0.1) is 0 Å². The van der Waals surface area contributed by atoms with E-state index in [1.165, 1.54) is 0 Å². The molecular formula is C9H15N5. The molecule has 0 aromatic carbocycles. The smallest absolute Gasteiger partial charge is 0.221 e. The van der Waals surface area contributed by atoms with E-state index >= 15 is 0 Å². The van der Waals surface area contributed by atoms with Gasteiger partial charge >= 0.3 is 0 Å². The van der Waals surface area contributed by atoms with E-state index in [9.17, 15) is 0 Å². The van der Waals surface area contributed by atoms with Gasteiger partial charge in [-0.2, -0.15) is 0 Å². The number of hydrogen-bond acceptors (Lipinski definition) is 5. The van der Waals surface area contributed by atoms with E-state index in [0.29, 0.717) is 12.2 Å². The van der Waals surface area contributed by atoms with Crippen molar-refractivity contribution in [2.75, 3.05) is 32.7 Å². The predicted molar refractivity (Wildman–Crippen MR) is 57.5 cm³/mol. The Kier molecular flexibility index (Phi) is 2.78. The molecule has 0 aliphatic carbocycles. The number of nitrogens with two attached hydrogens (primary N) is 1. The average molecular weight is 193 g/mol. The fraction of sp³-hybridized carbons (Fsp3) is 0.556. The predicted octanol–water partition coefficient (Wildman–Crippen LogP) is -0.825. The summed E-state index contributed by atoms with van der Waals surface area (Å²) in [5.74, 6) is 0.809. The third-order valence-electron chi connectivity index (χ3n) is 2.29. The van der Waals surface area contributed by atoms with Crippen molar-refractivity contribution in [2.45, 2.75) is 0 Å². The van der Waals surface area contributed by atoms with Gasteiger partial charge in [-0.1, -0.05) is 0 Å². The maximum Gasteiger partial charge on any atom is 0.221 e. The monoisotopic (exact) mass is 193 g/mol. The highest BCUT2D eigenvalue weighted by atomic mass is 15.3. The van der Waals surface area contributed by atoms with E-state index in [4.69, 9.17) is 5.73 Å². The second kappa shape index (κ2) is 4.23. The molecule has 0 unspecified atom stereocenters. The SMILES string of the molecule is NC1=CCN=C(N2CCNCC2)N=C1. The van der Waals surface area contributed by atoms with Crippen LogP contribution in [-0.2, 0) is 0 Å². The van der Waals surface area contributed by atoms with Crippen LogP contribution in [0.25, 0.3) is 0 Å². The number of allylic oxidation sites excluding steroid dienone is 1. The number of aliphatic imine (C=N–C) groups is 2. The van der Waals surface area contributed by atoms with Crippen LogP contribution in [0.15, 0.2) is 21.8 Å². The summed E-state index contributed by atoms with van der Waals surface area (Å²) in [5.41, 5.74) is 6.33. The van der Waals surface area contributed by atoms with Crippen LogP contribution in [0.1, 0.15) is 0 Å². The van der Waals surface area contributed by atoms with Crippen LogP contribution in [0.3, 0.4) is 0 Å². The summed E-state index contributed by atoms with van der Waals surface area (Å²) < 4.78 is 0. The number of rotatable bonds is 0. The molecular weight excluding hydrogens is 178 g/mol. The molecule has 0 radical (unpaired) electrons. The number of guanidine groups is 1. The first-order valence-electron chi connectivity index (χ1n) is 4.86. The van der Waals surface area contributed by atoms with Crippen LogP contribution >= 0.6 is 0 Å². The molecule has 2 aliphatic rings. The van der Waals surface area contributed by atoms with Crippen molar-refractivity contribution in [2.24, 2.45) is 15.7 Å². The maximum atomic E-state index is 5.63. The third kappa shape index (κ3) is 2.11. The molecule has 1 fully saturated rings. The van der Waals surface area contributed by atoms with E-state index < -0.39 is 0 Å². The van der Waals surface area contributed by atoms with Crippen molar-refractivity contribution in [3.63, 3.8) is 0 Å². The molecule has 0 atom stereocenters. The second-order valence-corrected chi connectivity index (χ2v) is 3.34. The van der Waals surface area contributed by atoms with Gasteiger partial charge in [0.25, 0.3) is 0 Å². The maximum absolute atomic E-state index is 5.63. The molecule has 3 N–H and O–H groups in total. The highest BCUT2D eigenvalue weighted by Gasteiger charge is 2.13. The number of hydrogen-bond donors (Lipinski definition) is 2. The van der Waals surface area contributed by atoms with E-state index in [-0.39, 0.29) is 0 Å². The summed E-state index contributed by atoms with van der Waals surface area (Å²) in [6.07, 6.45) is 3.55. The summed E-state index contributed by atoms with van der Waals surface area (Å²) in [4.78, 5) is 10.8. The second-order valence-electron chi connectivity index (χ2n) is 3.34. The molecule has 0 aromatic heterocycles. The summed E-state index contributed by atoms with van der Waals surface area (Å²) in [5, 5.41) is 3.29. The fourth-order valence-corrected chi connectivity index (χ4v) is 1.50. The fourth-order valence-electron chi connectivity index (χ4n) is 1.50. The third-order valence-corrected chi connectivity index (χ3v) is 2.29. The van der Waals surface area contributed by atoms with Gasteiger partial charge in [0.1, 0.15) is 0 Å². The van der Waals surface area contributed by atoms with Crippen LogP contribution in [0.4, 0.5) is 0 Å². The van der Waals surface area contributed by atoms with Gasteiger partial charge in [0.15, 0.2) is 0 Å².